The number of carbonyl (C=O) groups excluding carboxylic acids is 2. The van der Waals surface area contributed by atoms with E-state index in [4.69, 9.17) is 16.3 Å². The number of nitrogens with zero attached hydrogens (tertiary/aromatic N) is 1. The maximum absolute atomic E-state index is 12.1. The molecule has 1 aromatic carbocycles. The van der Waals surface area contributed by atoms with Gasteiger partial charge in [0.1, 0.15) is 5.69 Å². The van der Waals surface area contributed by atoms with Crippen LogP contribution in [0, 0.1) is 6.92 Å². The minimum atomic E-state index is -0.516. The third-order valence-electron chi connectivity index (χ3n) is 2.79. The number of aromatic nitrogens is 1. The summed E-state index contributed by atoms with van der Waals surface area (Å²) in [5.41, 5.74) is 1.75. The SMILES string of the molecule is COC(=O)c1cc(C)ccc1NC(=O)c1ccc(Cl)cn1. The van der Waals surface area contributed by atoms with Crippen LogP contribution in [0.25, 0.3) is 0 Å². The van der Waals surface area contributed by atoms with Crippen molar-refractivity contribution in [2.24, 2.45) is 0 Å². The summed E-state index contributed by atoms with van der Waals surface area (Å²) in [7, 11) is 1.29. The van der Waals surface area contributed by atoms with Crippen molar-refractivity contribution in [2.75, 3.05) is 12.4 Å². The number of ether oxygens (including phenoxy) is 1. The zero-order valence-electron chi connectivity index (χ0n) is 11.5. The number of aryl methyl sites for hydroxylation is 1. The zero-order valence-corrected chi connectivity index (χ0v) is 12.3. The number of hydrogen-bond acceptors (Lipinski definition) is 4. The fraction of sp³-hybridized carbons (Fsp3) is 0.133. The highest BCUT2D eigenvalue weighted by Gasteiger charge is 2.15. The Labute approximate surface area is 126 Å². The van der Waals surface area contributed by atoms with Gasteiger partial charge in [-0.1, -0.05) is 23.2 Å². The predicted molar refractivity (Wildman–Crippen MR) is 79.7 cm³/mol. The predicted octanol–water partition coefficient (Wildman–Crippen LogP) is 3.08. The molecular formula is C15H13ClN2O3. The molecule has 1 amide bonds. The Morgan fingerprint density at radius 2 is 2.00 bits per heavy atom. The molecule has 0 unspecified atom stereocenters. The average molecular weight is 305 g/mol. The van der Waals surface area contributed by atoms with E-state index in [0.29, 0.717) is 16.3 Å². The number of amides is 1. The van der Waals surface area contributed by atoms with Gasteiger partial charge in [-0.05, 0) is 31.2 Å². The van der Waals surface area contributed by atoms with Crippen molar-refractivity contribution in [3.05, 3.63) is 58.4 Å². The van der Waals surface area contributed by atoms with Crippen molar-refractivity contribution in [3.8, 4) is 0 Å². The molecule has 0 bridgehead atoms. The number of rotatable bonds is 3. The highest BCUT2D eigenvalue weighted by atomic mass is 35.5. The van der Waals surface area contributed by atoms with Crippen LogP contribution >= 0.6 is 11.6 Å². The van der Waals surface area contributed by atoms with Crippen molar-refractivity contribution < 1.29 is 14.3 Å². The highest BCUT2D eigenvalue weighted by Crippen LogP contribution is 2.19. The molecule has 1 aromatic heterocycles. The summed E-state index contributed by atoms with van der Waals surface area (Å²) < 4.78 is 4.71. The van der Waals surface area contributed by atoms with Gasteiger partial charge in [-0.25, -0.2) is 9.78 Å². The summed E-state index contributed by atoms with van der Waals surface area (Å²) in [6.07, 6.45) is 1.38. The topological polar surface area (TPSA) is 68.3 Å². The molecule has 0 aliphatic carbocycles. The second-order valence-corrected chi connectivity index (χ2v) is 4.79. The number of benzene rings is 1. The lowest BCUT2D eigenvalue weighted by Crippen LogP contribution is -2.16. The minimum Gasteiger partial charge on any atom is -0.465 e. The van der Waals surface area contributed by atoms with Gasteiger partial charge in [0, 0.05) is 6.20 Å². The van der Waals surface area contributed by atoms with Crippen LogP contribution in [0.3, 0.4) is 0 Å². The molecule has 0 radical (unpaired) electrons. The zero-order chi connectivity index (χ0) is 15.4. The van der Waals surface area contributed by atoms with E-state index in [9.17, 15) is 9.59 Å². The highest BCUT2D eigenvalue weighted by molar-refractivity contribution is 6.30. The van der Waals surface area contributed by atoms with Gasteiger partial charge in [-0.15, -0.1) is 0 Å². The lowest BCUT2D eigenvalue weighted by molar-refractivity contribution is 0.0602. The monoisotopic (exact) mass is 304 g/mol. The van der Waals surface area contributed by atoms with E-state index in [1.54, 1.807) is 24.3 Å². The van der Waals surface area contributed by atoms with Crippen LogP contribution in [-0.2, 0) is 4.74 Å². The normalized spacial score (nSPS) is 10.0. The molecule has 0 spiro atoms. The van der Waals surface area contributed by atoms with Crippen LogP contribution in [0.5, 0.6) is 0 Å². The van der Waals surface area contributed by atoms with E-state index < -0.39 is 11.9 Å². The number of methoxy groups -OCH3 is 1. The molecular weight excluding hydrogens is 292 g/mol. The third-order valence-corrected chi connectivity index (χ3v) is 3.01. The first-order valence-electron chi connectivity index (χ1n) is 6.13. The van der Waals surface area contributed by atoms with Crippen LogP contribution < -0.4 is 5.32 Å². The van der Waals surface area contributed by atoms with Gasteiger partial charge in [-0.2, -0.15) is 0 Å². The average Bonchev–Trinajstić information content (AvgIpc) is 2.48. The van der Waals surface area contributed by atoms with Crippen molar-refractivity contribution in [1.29, 1.82) is 0 Å². The van der Waals surface area contributed by atoms with E-state index in [-0.39, 0.29) is 5.69 Å². The number of hydrogen-bond donors (Lipinski definition) is 1. The van der Waals surface area contributed by atoms with Crippen molar-refractivity contribution in [3.63, 3.8) is 0 Å². The molecule has 6 heteroatoms. The van der Waals surface area contributed by atoms with Crippen LogP contribution in [0.4, 0.5) is 5.69 Å². The third kappa shape index (κ3) is 3.58. The molecule has 2 aromatic rings. The van der Waals surface area contributed by atoms with E-state index in [1.165, 1.54) is 19.4 Å². The molecule has 0 fully saturated rings. The van der Waals surface area contributed by atoms with E-state index in [0.717, 1.165) is 5.56 Å². The van der Waals surface area contributed by atoms with E-state index in [2.05, 4.69) is 10.3 Å². The molecule has 108 valence electrons. The van der Waals surface area contributed by atoms with Gasteiger partial charge in [0.15, 0.2) is 0 Å². The van der Waals surface area contributed by atoms with Crippen LogP contribution in [0.2, 0.25) is 5.02 Å². The molecule has 0 saturated heterocycles. The van der Waals surface area contributed by atoms with Crippen LogP contribution in [0.15, 0.2) is 36.5 Å². The maximum Gasteiger partial charge on any atom is 0.339 e. The fourth-order valence-corrected chi connectivity index (χ4v) is 1.85. The first-order chi connectivity index (χ1) is 10.0. The molecule has 1 N–H and O–H groups in total. The number of carbonyl (C=O) groups is 2. The van der Waals surface area contributed by atoms with Crippen molar-refractivity contribution >= 4 is 29.2 Å². The second-order valence-electron chi connectivity index (χ2n) is 4.36. The summed E-state index contributed by atoms with van der Waals surface area (Å²) in [4.78, 5) is 27.8. The van der Waals surface area contributed by atoms with Crippen LogP contribution in [-0.4, -0.2) is 24.0 Å². The van der Waals surface area contributed by atoms with Crippen molar-refractivity contribution in [1.82, 2.24) is 4.98 Å². The van der Waals surface area contributed by atoms with Crippen LogP contribution in [0.1, 0.15) is 26.4 Å². The Kier molecular flexibility index (Phi) is 4.55. The van der Waals surface area contributed by atoms with E-state index in [1.807, 2.05) is 6.92 Å². The van der Waals surface area contributed by atoms with Crippen molar-refractivity contribution in [2.45, 2.75) is 6.92 Å². The largest absolute Gasteiger partial charge is 0.465 e. The molecule has 2 rings (SSSR count). The molecule has 0 atom stereocenters. The van der Waals surface area contributed by atoms with Gasteiger partial charge in [0.25, 0.3) is 5.91 Å². The number of esters is 1. The van der Waals surface area contributed by atoms with Gasteiger partial charge in [0.05, 0.1) is 23.4 Å². The summed E-state index contributed by atoms with van der Waals surface area (Å²) >= 11 is 5.72. The molecule has 0 saturated carbocycles. The summed E-state index contributed by atoms with van der Waals surface area (Å²) in [6, 6.07) is 8.16. The Balaban J connectivity index is 2.28. The molecule has 0 aliphatic rings. The molecule has 21 heavy (non-hydrogen) atoms. The standard InChI is InChI=1S/C15H13ClN2O3/c1-9-3-5-12(11(7-9)15(20)21-2)18-14(19)13-6-4-10(16)8-17-13/h3-8H,1-2H3,(H,18,19). The molecule has 0 aliphatic heterocycles. The molecule has 5 nitrogen and oxygen atoms in total. The van der Waals surface area contributed by atoms with Gasteiger partial charge < -0.3 is 10.1 Å². The van der Waals surface area contributed by atoms with Gasteiger partial charge >= 0.3 is 5.97 Å². The summed E-state index contributed by atoms with van der Waals surface area (Å²) in [5, 5.41) is 3.09. The van der Waals surface area contributed by atoms with E-state index >= 15 is 0 Å². The Morgan fingerprint density at radius 1 is 1.24 bits per heavy atom. The molecule has 1 heterocycles. The lowest BCUT2D eigenvalue weighted by Gasteiger charge is -2.10. The number of pyridine rings is 1. The Hall–Kier alpha value is -2.40. The maximum atomic E-state index is 12.1. The smallest absolute Gasteiger partial charge is 0.339 e. The second kappa shape index (κ2) is 6.37. The summed E-state index contributed by atoms with van der Waals surface area (Å²) in [6.45, 7) is 1.85. The first-order valence-corrected chi connectivity index (χ1v) is 6.51. The van der Waals surface area contributed by atoms with Gasteiger partial charge in [-0.3, -0.25) is 4.79 Å². The number of nitrogens with one attached hydrogen (secondary N) is 1. The minimum absolute atomic E-state index is 0.204. The Morgan fingerprint density at radius 3 is 2.62 bits per heavy atom. The number of halogens is 1. The summed E-state index contributed by atoms with van der Waals surface area (Å²) in [5.74, 6) is -0.946. The lowest BCUT2D eigenvalue weighted by atomic mass is 10.1. The first kappa shape index (κ1) is 15.0. The quantitative estimate of drug-likeness (QED) is 0.885. The van der Waals surface area contributed by atoms with Gasteiger partial charge in [0.2, 0.25) is 0 Å². The number of anilines is 1. The Bertz CT molecular complexity index is 684. The fourth-order valence-electron chi connectivity index (χ4n) is 1.74.